The number of hydrogen-bond donors (Lipinski definition) is 0. The third kappa shape index (κ3) is 2.93. The first-order valence-corrected chi connectivity index (χ1v) is 10.4. The molecule has 2 bridgehead atoms. The molecule has 3 aliphatic heterocycles. The lowest BCUT2D eigenvalue weighted by Crippen LogP contribution is -2.51. The first kappa shape index (κ1) is 18.5. The van der Waals surface area contributed by atoms with Crippen LogP contribution >= 0.6 is 0 Å². The van der Waals surface area contributed by atoms with Crippen LogP contribution in [0.1, 0.15) is 60.3 Å². The normalized spacial score (nSPS) is 52.7. The van der Waals surface area contributed by atoms with E-state index in [4.69, 9.17) is 14.2 Å². The van der Waals surface area contributed by atoms with E-state index in [1.807, 2.05) is 0 Å². The molecule has 2 saturated heterocycles. The zero-order valence-corrected chi connectivity index (χ0v) is 16.9. The van der Waals surface area contributed by atoms with Gasteiger partial charge in [-0.05, 0) is 63.2 Å². The number of carbonyl (C=O) groups excluding carboxylic acids is 1. The molecule has 4 rings (SSSR count). The molecule has 0 aromatic rings. The number of allylic oxidation sites excluding steroid dienone is 1. The molecule has 3 heterocycles. The van der Waals surface area contributed by atoms with Gasteiger partial charge in [-0.15, -0.1) is 0 Å². The number of carbonyl (C=O) groups is 1. The fourth-order valence-corrected chi connectivity index (χ4v) is 6.34. The molecular weight excluding hydrogens is 328 g/mol. The molecule has 0 spiro atoms. The standard InChI is InChI=1S/C22H34O4/c1-12-7-6-8-22(5)21-18-16(14(3)11-24-22)10-13(2)20(25-15(4)23)19(18)17(9-12)26-21/h7,13-14,16-21H,6,8-11H2,1-5H3/b12-7+/t13-,14+,16+,17+,18+,19+,20-,21+,22+/m1/s1. The van der Waals surface area contributed by atoms with Crippen molar-refractivity contribution in [3.05, 3.63) is 11.6 Å². The highest BCUT2D eigenvalue weighted by atomic mass is 16.6. The van der Waals surface area contributed by atoms with Crippen molar-refractivity contribution in [3.63, 3.8) is 0 Å². The van der Waals surface area contributed by atoms with Gasteiger partial charge in [-0.3, -0.25) is 4.79 Å². The molecule has 0 N–H and O–H groups in total. The van der Waals surface area contributed by atoms with Gasteiger partial charge in [0.1, 0.15) is 6.10 Å². The Morgan fingerprint density at radius 1 is 1.27 bits per heavy atom. The molecule has 1 aliphatic carbocycles. The van der Waals surface area contributed by atoms with Crippen LogP contribution < -0.4 is 0 Å². The molecule has 26 heavy (non-hydrogen) atoms. The minimum Gasteiger partial charge on any atom is -0.462 e. The number of fused-ring (bicyclic) bond motifs is 2. The monoisotopic (exact) mass is 362 g/mol. The summed E-state index contributed by atoms with van der Waals surface area (Å²) in [5, 5.41) is 0. The Balaban J connectivity index is 1.79. The van der Waals surface area contributed by atoms with E-state index in [1.54, 1.807) is 6.92 Å². The van der Waals surface area contributed by atoms with Crippen LogP contribution in [0.2, 0.25) is 0 Å². The highest BCUT2D eigenvalue weighted by Gasteiger charge is 2.62. The minimum absolute atomic E-state index is 0.0365. The van der Waals surface area contributed by atoms with Crippen LogP contribution in [0.5, 0.6) is 0 Å². The van der Waals surface area contributed by atoms with E-state index in [0.717, 1.165) is 32.3 Å². The highest BCUT2D eigenvalue weighted by molar-refractivity contribution is 5.66. The average Bonchev–Trinajstić information content (AvgIpc) is 2.92. The average molecular weight is 363 g/mol. The van der Waals surface area contributed by atoms with Gasteiger partial charge in [0.05, 0.1) is 24.4 Å². The molecule has 146 valence electrons. The van der Waals surface area contributed by atoms with Gasteiger partial charge in [0.25, 0.3) is 0 Å². The Kier molecular flexibility index (Phi) is 4.71. The molecule has 1 saturated carbocycles. The maximum atomic E-state index is 11.8. The summed E-state index contributed by atoms with van der Waals surface area (Å²) >= 11 is 0. The Bertz CT molecular complexity index is 599. The van der Waals surface area contributed by atoms with Crippen LogP contribution in [0.15, 0.2) is 11.6 Å². The third-order valence-electron chi connectivity index (χ3n) is 7.59. The van der Waals surface area contributed by atoms with Crippen LogP contribution in [0, 0.1) is 29.6 Å². The summed E-state index contributed by atoms with van der Waals surface area (Å²) in [5.41, 5.74) is 1.14. The Morgan fingerprint density at radius 2 is 2.04 bits per heavy atom. The quantitative estimate of drug-likeness (QED) is 0.520. The molecule has 0 amide bonds. The van der Waals surface area contributed by atoms with Crippen molar-refractivity contribution < 1.29 is 19.0 Å². The van der Waals surface area contributed by atoms with Crippen LogP contribution in [-0.2, 0) is 19.0 Å². The largest absolute Gasteiger partial charge is 0.462 e. The molecule has 9 atom stereocenters. The third-order valence-corrected chi connectivity index (χ3v) is 7.59. The van der Waals surface area contributed by atoms with E-state index in [2.05, 4.69) is 33.8 Å². The Labute approximate surface area is 157 Å². The molecule has 0 radical (unpaired) electrons. The Hall–Kier alpha value is -0.870. The molecule has 4 heteroatoms. The SMILES string of the molecule is CC(=O)O[C@H]1[C@@H]2[C@@H]3[C@@H](C[C@H]1C)[C@@H](C)CO[C@@]1(C)CC/C=C(\C)C[C@@H]2O[C@@H]31. The van der Waals surface area contributed by atoms with Gasteiger partial charge in [0.2, 0.25) is 0 Å². The number of hydrogen-bond acceptors (Lipinski definition) is 4. The molecule has 0 unspecified atom stereocenters. The second-order valence-electron chi connectivity index (χ2n) is 9.59. The summed E-state index contributed by atoms with van der Waals surface area (Å²) in [6.45, 7) is 11.4. The highest BCUT2D eigenvalue weighted by Crippen LogP contribution is 2.57. The molecule has 0 aromatic heterocycles. The lowest BCUT2D eigenvalue weighted by atomic mass is 9.59. The summed E-state index contributed by atoms with van der Waals surface area (Å²) in [4.78, 5) is 11.8. The smallest absolute Gasteiger partial charge is 0.302 e. The molecule has 0 aromatic carbocycles. The van der Waals surface area contributed by atoms with Crippen molar-refractivity contribution >= 4 is 5.97 Å². The predicted octanol–water partition coefficient (Wildman–Crippen LogP) is 4.13. The van der Waals surface area contributed by atoms with Crippen molar-refractivity contribution in [3.8, 4) is 0 Å². The predicted molar refractivity (Wildman–Crippen MR) is 99.6 cm³/mol. The maximum absolute atomic E-state index is 11.8. The van der Waals surface area contributed by atoms with Crippen LogP contribution in [-0.4, -0.2) is 36.5 Å². The van der Waals surface area contributed by atoms with Crippen molar-refractivity contribution in [2.45, 2.75) is 84.2 Å². The van der Waals surface area contributed by atoms with E-state index in [1.165, 1.54) is 5.57 Å². The Morgan fingerprint density at radius 3 is 2.77 bits per heavy atom. The maximum Gasteiger partial charge on any atom is 0.302 e. The zero-order valence-electron chi connectivity index (χ0n) is 16.9. The van der Waals surface area contributed by atoms with Gasteiger partial charge < -0.3 is 14.2 Å². The van der Waals surface area contributed by atoms with E-state index >= 15 is 0 Å². The molecule has 3 fully saturated rings. The van der Waals surface area contributed by atoms with E-state index in [0.29, 0.717) is 23.7 Å². The van der Waals surface area contributed by atoms with E-state index in [-0.39, 0.29) is 35.8 Å². The number of ether oxygens (including phenoxy) is 3. The topological polar surface area (TPSA) is 44.8 Å². The molecule has 4 nitrogen and oxygen atoms in total. The lowest BCUT2D eigenvalue weighted by molar-refractivity contribution is -0.160. The summed E-state index contributed by atoms with van der Waals surface area (Å²) in [6.07, 6.45) is 6.64. The number of esters is 1. The van der Waals surface area contributed by atoms with Gasteiger partial charge in [-0.1, -0.05) is 25.5 Å². The van der Waals surface area contributed by atoms with E-state index < -0.39 is 0 Å². The van der Waals surface area contributed by atoms with Gasteiger partial charge in [0, 0.05) is 12.8 Å². The van der Waals surface area contributed by atoms with Crippen molar-refractivity contribution in [2.75, 3.05) is 6.61 Å². The summed E-state index contributed by atoms with van der Waals surface area (Å²) in [6, 6.07) is 0. The van der Waals surface area contributed by atoms with Gasteiger partial charge >= 0.3 is 5.97 Å². The van der Waals surface area contributed by atoms with Crippen LogP contribution in [0.4, 0.5) is 0 Å². The van der Waals surface area contributed by atoms with Crippen molar-refractivity contribution in [1.29, 1.82) is 0 Å². The fourth-order valence-electron chi connectivity index (χ4n) is 6.34. The first-order chi connectivity index (χ1) is 12.3. The number of rotatable bonds is 1. The second kappa shape index (κ2) is 6.63. The van der Waals surface area contributed by atoms with Crippen LogP contribution in [0.3, 0.4) is 0 Å². The fraction of sp³-hybridized carbons (Fsp3) is 0.864. The van der Waals surface area contributed by atoms with Crippen LogP contribution in [0.25, 0.3) is 0 Å². The lowest BCUT2D eigenvalue weighted by Gasteiger charge is -2.46. The second-order valence-corrected chi connectivity index (χ2v) is 9.59. The van der Waals surface area contributed by atoms with Gasteiger partial charge in [-0.2, -0.15) is 0 Å². The molecular formula is C22H34O4. The summed E-state index contributed by atoms with van der Waals surface area (Å²) < 4.78 is 19.2. The molecule has 4 aliphatic rings. The van der Waals surface area contributed by atoms with Gasteiger partial charge in [0.15, 0.2) is 0 Å². The van der Waals surface area contributed by atoms with Gasteiger partial charge in [-0.25, -0.2) is 0 Å². The van der Waals surface area contributed by atoms with E-state index in [9.17, 15) is 4.79 Å². The van der Waals surface area contributed by atoms with Crippen molar-refractivity contribution in [2.24, 2.45) is 29.6 Å². The van der Waals surface area contributed by atoms with Crippen molar-refractivity contribution in [1.82, 2.24) is 0 Å². The summed E-state index contributed by atoms with van der Waals surface area (Å²) in [5.74, 6) is 2.01. The zero-order chi connectivity index (χ0) is 18.6. The summed E-state index contributed by atoms with van der Waals surface area (Å²) in [7, 11) is 0. The minimum atomic E-state index is -0.247. The first-order valence-electron chi connectivity index (χ1n) is 10.4.